The van der Waals surface area contributed by atoms with Gasteiger partial charge in [0.25, 0.3) is 0 Å². The predicted molar refractivity (Wildman–Crippen MR) is 79.3 cm³/mol. The van der Waals surface area contributed by atoms with Gasteiger partial charge in [-0.3, -0.25) is 9.59 Å². The molecule has 1 saturated heterocycles. The van der Waals surface area contributed by atoms with Crippen LogP contribution in [0.3, 0.4) is 0 Å². The molecule has 5 heteroatoms. The Hall–Kier alpha value is -1.88. The molecule has 1 amide bonds. The van der Waals surface area contributed by atoms with Crippen LogP contribution in [-0.2, 0) is 14.3 Å². The minimum absolute atomic E-state index is 0.0625. The summed E-state index contributed by atoms with van der Waals surface area (Å²) in [6.45, 7) is 4.48. The van der Waals surface area contributed by atoms with Crippen LogP contribution in [0.2, 0.25) is 0 Å². The second-order valence-corrected chi connectivity index (χ2v) is 5.62. The first-order valence-corrected chi connectivity index (χ1v) is 7.18. The van der Waals surface area contributed by atoms with E-state index in [1.165, 1.54) is 0 Å². The highest BCUT2D eigenvalue weighted by Gasteiger charge is 2.33. The molecule has 1 aliphatic heterocycles. The van der Waals surface area contributed by atoms with Crippen LogP contribution in [0.15, 0.2) is 18.2 Å². The summed E-state index contributed by atoms with van der Waals surface area (Å²) in [7, 11) is 0. The van der Waals surface area contributed by atoms with Crippen molar-refractivity contribution < 1.29 is 19.4 Å². The number of carboxylic acid groups (broad SMARTS) is 1. The van der Waals surface area contributed by atoms with Crippen molar-refractivity contribution in [3.05, 3.63) is 29.3 Å². The number of hydrogen-bond donors (Lipinski definition) is 2. The molecule has 0 radical (unpaired) electrons. The normalized spacial score (nSPS) is 19.2. The van der Waals surface area contributed by atoms with Gasteiger partial charge < -0.3 is 15.2 Å². The van der Waals surface area contributed by atoms with E-state index >= 15 is 0 Å². The van der Waals surface area contributed by atoms with E-state index < -0.39 is 11.9 Å². The Labute approximate surface area is 124 Å². The van der Waals surface area contributed by atoms with E-state index in [0.29, 0.717) is 18.7 Å². The first-order valence-electron chi connectivity index (χ1n) is 7.18. The van der Waals surface area contributed by atoms with Crippen molar-refractivity contribution in [3.63, 3.8) is 0 Å². The Morgan fingerprint density at radius 3 is 2.52 bits per heavy atom. The molecule has 1 aliphatic rings. The number of hydrogen-bond acceptors (Lipinski definition) is 3. The maximum Gasteiger partial charge on any atom is 0.309 e. The number of aryl methyl sites for hydroxylation is 2. The zero-order valence-corrected chi connectivity index (χ0v) is 12.4. The molecule has 1 aromatic carbocycles. The number of aliphatic carboxylic acids is 1. The third-order valence-corrected chi connectivity index (χ3v) is 3.64. The standard InChI is InChI=1S/C16H21NO4/c1-10-6-11(2)8-12(7-10)17-15(18)9-13(16(19)20)14-4-3-5-21-14/h6-8,13-14H,3-5,9H2,1-2H3,(H,17,18)(H,19,20)/t13-,14+/m0/s1. The summed E-state index contributed by atoms with van der Waals surface area (Å²) < 4.78 is 5.40. The van der Waals surface area contributed by atoms with Crippen molar-refractivity contribution in [2.75, 3.05) is 11.9 Å². The lowest BCUT2D eigenvalue weighted by Gasteiger charge is -2.18. The van der Waals surface area contributed by atoms with Gasteiger partial charge in [-0.2, -0.15) is 0 Å². The molecule has 1 heterocycles. The fraction of sp³-hybridized carbons (Fsp3) is 0.500. The predicted octanol–water partition coefficient (Wildman–Crippen LogP) is 2.51. The van der Waals surface area contributed by atoms with Gasteiger partial charge in [0.15, 0.2) is 0 Å². The number of ether oxygens (including phenoxy) is 1. The first-order chi connectivity index (χ1) is 9.95. The molecule has 0 unspecified atom stereocenters. The van der Waals surface area contributed by atoms with E-state index in [2.05, 4.69) is 5.32 Å². The van der Waals surface area contributed by atoms with Gasteiger partial charge in [0.1, 0.15) is 0 Å². The Bertz CT molecular complexity index is 515. The number of amides is 1. The molecule has 2 rings (SSSR count). The molecule has 21 heavy (non-hydrogen) atoms. The SMILES string of the molecule is Cc1cc(C)cc(NC(=O)C[C@H](C(=O)O)[C@H]2CCCO2)c1. The smallest absolute Gasteiger partial charge is 0.309 e. The van der Waals surface area contributed by atoms with Gasteiger partial charge in [0.05, 0.1) is 12.0 Å². The van der Waals surface area contributed by atoms with Crippen molar-refractivity contribution in [1.82, 2.24) is 0 Å². The highest BCUT2D eigenvalue weighted by atomic mass is 16.5. The number of anilines is 1. The lowest BCUT2D eigenvalue weighted by Crippen LogP contribution is -2.31. The number of benzene rings is 1. The van der Waals surface area contributed by atoms with Gasteiger partial charge in [0.2, 0.25) is 5.91 Å². The van der Waals surface area contributed by atoms with Crippen molar-refractivity contribution in [2.45, 2.75) is 39.2 Å². The average Bonchev–Trinajstić information content (AvgIpc) is 2.87. The summed E-state index contributed by atoms with van der Waals surface area (Å²) >= 11 is 0. The molecule has 0 aliphatic carbocycles. The minimum atomic E-state index is -0.975. The average molecular weight is 291 g/mol. The van der Waals surface area contributed by atoms with Gasteiger partial charge in [-0.25, -0.2) is 0 Å². The summed E-state index contributed by atoms with van der Waals surface area (Å²) in [4.78, 5) is 23.4. The maximum absolute atomic E-state index is 12.1. The summed E-state index contributed by atoms with van der Waals surface area (Å²) in [6.07, 6.45) is 1.14. The van der Waals surface area contributed by atoms with Crippen LogP contribution in [0.1, 0.15) is 30.4 Å². The largest absolute Gasteiger partial charge is 0.481 e. The van der Waals surface area contributed by atoms with Crippen LogP contribution in [0.5, 0.6) is 0 Å². The maximum atomic E-state index is 12.1. The van der Waals surface area contributed by atoms with Crippen LogP contribution in [0.25, 0.3) is 0 Å². The molecule has 1 aromatic rings. The molecular weight excluding hydrogens is 270 g/mol. The first kappa shape index (κ1) is 15.5. The third kappa shape index (κ3) is 4.29. The van der Waals surface area contributed by atoms with E-state index in [0.717, 1.165) is 17.5 Å². The molecular formula is C16H21NO4. The fourth-order valence-electron chi connectivity index (χ4n) is 2.76. The van der Waals surface area contributed by atoms with Crippen LogP contribution in [0.4, 0.5) is 5.69 Å². The van der Waals surface area contributed by atoms with Crippen LogP contribution in [0, 0.1) is 19.8 Å². The summed E-state index contributed by atoms with van der Waals surface area (Å²) in [5.74, 6) is -2.04. The lowest BCUT2D eigenvalue weighted by atomic mass is 9.96. The molecule has 2 atom stereocenters. The highest BCUT2D eigenvalue weighted by molar-refractivity contribution is 5.93. The molecule has 0 aromatic heterocycles. The summed E-state index contributed by atoms with van der Waals surface area (Å²) in [5.41, 5.74) is 2.81. The minimum Gasteiger partial charge on any atom is -0.481 e. The highest BCUT2D eigenvalue weighted by Crippen LogP contribution is 2.24. The molecule has 2 N–H and O–H groups in total. The molecule has 0 saturated carbocycles. The zero-order chi connectivity index (χ0) is 15.4. The van der Waals surface area contributed by atoms with E-state index in [9.17, 15) is 14.7 Å². The van der Waals surface area contributed by atoms with Crippen molar-refractivity contribution in [3.8, 4) is 0 Å². The molecule has 0 spiro atoms. The van der Waals surface area contributed by atoms with Crippen molar-refractivity contribution in [2.24, 2.45) is 5.92 Å². The number of carbonyl (C=O) groups excluding carboxylic acids is 1. The summed E-state index contributed by atoms with van der Waals surface area (Å²) in [6, 6.07) is 5.75. The second kappa shape index (κ2) is 6.72. The zero-order valence-electron chi connectivity index (χ0n) is 12.4. The van der Waals surface area contributed by atoms with Crippen molar-refractivity contribution >= 4 is 17.6 Å². The molecule has 114 valence electrons. The second-order valence-electron chi connectivity index (χ2n) is 5.62. The number of rotatable bonds is 5. The van der Waals surface area contributed by atoms with Gasteiger partial charge in [-0.05, 0) is 49.9 Å². The Balaban J connectivity index is 2.00. The Morgan fingerprint density at radius 1 is 1.33 bits per heavy atom. The summed E-state index contributed by atoms with van der Waals surface area (Å²) in [5, 5.41) is 12.1. The van der Waals surface area contributed by atoms with Crippen molar-refractivity contribution in [1.29, 1.82) is 0 Å². The molecule has 0 bridgehead atoms. The Kier molecular flexibility index (Phi) is 4.96. The third-order valence-electron chi connectivity index (χ3n) is 3.64. The molecule has 1 fully saturated rings. The van der Waals surface area contributed by atoms with E-state index in [-0.39, 0.29) is 18.4 Å². The van der Waals surface area contributed by atoms with E-state index in [1.807, 2.05) is 32.0 Å². The monoisotopic (exact) mass is 291 g/mol. The lowest BCUT2D eigenvalue weighted by molar-refractivity contribution is -0.148. The van der Waals surface area contributed by atoms with Crippen LogP contribution >= 0.6 is 0 Å². The van der Waals surface area contributed by atoms with Gasteiger partial charge in [-0.15, -0.1) is 0 Å². The van der Waals surface area contributed by atoms with Crippen LogP contribution < -0.4 is 5.32 Å². The Morgan fingerprint density at radius 2 is 2.00 bits per heavy atom. The van der Waals surface area contributed by atoms with Gasteiger partial charge >= 0.3 is 5.97 Å². The van der Waals surface area contributed by atoms with Gasteiger partial charge in [0, 0.05) is 18.7 Å². The topological polar surface area (TPSA) is 75.6 Å². The number of nitrogens with one attached hydrogen (secondary N) is 1. The quantitative estimate of drug-likeness (QED) is 0.874. The fourth-order valence-corrected chi connectivity index (χ4v) is 2.76. The van der Waals surface area contributed by atoms with Gasteiger partial charge in [-0.1, -0.05) is 6.07 Å². The molecule has 5 nitrogen and oxygen atoms in total. The van der Waals surface area contributed by atoms with Crippen LogP contribution in [-0.4, -0.2) is 29.7 Å². The number of carbonyl (C=O) groups is 2. The van der Waals surface area contributed by atoms with E-state index in [4.69, 9.17) is 4.74 Å². The van der Waals surface area contributed by atoms with E-state index in [1.54, 1.807) is 0 Å². The number of carboxylic acids is 1.